The molecule has 2 unspecified atom stereocenters. The summed E-state index contributed by atoms with van der Waals surface area (Å²) in [5, 5.41) is 9.45. The molecule has 0 aromatic carbocycles. The molecule has 2 atom stereocenters. The first-order valence-corrected chi connectivity index (χ1v) is 7.82. The van der Waals surface area contributed by atoms with Crippen LogP contribution >= 0.6 is 0 Å². The SMILES string of the molecule is CCCC1CCCCN1C(=O)N1CCCC1(C)C(=O)O. The van der Waals surface area contributed by atoms with Gasteiger partial charge in [-0.05, 0) is 45.4 Å². The van der Waals surface area contributed by atoms with Gasteiger partial charge in [0.05, 0.1) is 0 Å². The lowest BCUT2D eigenvalue weighted by atomic mass is 9.97. The zero-order valence-electron chi connectivity index (χ0n) is 12.6. The summed E-state index contributed by atoms with van der Waals surface area (Å²) in [6, 6.07) is 0.227. The van der Waals surface area contributed by atoms with Gasteiger partial charge in [0.15, 0.2) is 0 Å². The normalized spacial score (nSPS) is 30.6. The van der Waals surface area contributed by atoms with Gasteiger partial charge in [0.1, 0.15) is 5.54 Å². The topological polar surface area (TPSA) is 60.9 Å². The third kappa shape index (κ3) is 2.63. The van der Waals surface area contributed by atoms with E-state index in [9.17, 15) is 14.7 Å². The van der Waals surface area contributed by atoms with Crippen LogP contribution in [-0.2, 0) is 4.79 Å². The van der Waals surface area contributed by atoms with Gasteiger partial charge in [-0.3, -0.25) is 0 Å². The lowest BCUT2D eigenvalue weighted by molar-refractivity contribution is -0.147. The molecule has 20 heavy (non-hydrogen) atoms. The van der Waals surface area contributed by atoms with Crippen molar-refractivity contribution in [1.29, 1.82) is 0 Å². The molecule has 1 N–H and O–H groups in total. The Kier molecular flexibility index (Phi) is 4.55. The van der Waals surface area contributed by atoms with Crippen LogP contribution < -0.4 is 0 Å². The zero-order valence-corrected chi connectivity index (χ0v) is 12.6. The van der Waals surface area contributed by atoms with Crippen LogP contribution in [-0.4, -0.2) is 51.6 Å². The summed E-state index contributed by atoms with van der Waals surface area (Å²) in [7, 11) is 0. The van der Waals surface area contributed by atoms with Crippen molar-refractivity contribution in [2.75, 3.05) is 13.1 Å². The van der Waals surface area contributed by atoms with E-state index in [1.165, 1.54) is 6.42 Å². The van der Waals surface area contributed by atoms with E-state index in [0.717, 1.165) is 38.6 Å². The molecule has 2 heterocycles. The molecule has 114 valence electrons. The molecule has 2 rings (SSSR count). The van der Waals surface area contributed by atoms with E-state index >= 15 is 0 Å². The van der Waals surface area contributed by atoms with Crippen molar-refractivity contribution in [2.45, 2.75) is 70.4 Å². The summed E-state index contributed by atoms with van der Waals surface area (Å²) in [5.74, 6) is -0.882. The van der Waals surface area contributed by atoms with Gasteiger partial charge in [-0.2, -0.15) is 0 Å². The first-order chi connectivity index (χ1) is 9.50. The number of piperidine rings is 1. The van der Waals surface area contributed by atoms with E-state index in [1.807, 2.05) is 4.90 Å². The minimum Gasteiger partial charge on any atom is -0.480 e. The highest BCUT2D eigenvalue weighted by molar-refractivity contribution is 5.86. The fraction of sp³-hybridized carbons (Fsp3) is 0.867. The Bertz CT molecular complexity index is 383. The fourth-order valence-corrected chi connectivity index (χ4v) is 3.53. The molecular formula is C15H26N2O3. The van der Waals surface area contributed by atoms with Gasteiger partial charge >= 0.3 is 12.0 Å². The fourth-order valence-electron chi connectivity index (χ4n) is 3.53. The zero-order chi connectivity index (χ0) is 14.8. The second-order valence-corrected chi connectivity index (χ2v) is 6.25. The number of aliphatic carboxylic acids is 1. The number of hydrogen-bond acceptors (Lipinski definition) is 2. The molecule has 0 aromatic heterocycles. The maximum atomic E-state index is 12.8. The highest BCUT2D eigenvalue weighted by atomic mass is 16.4. The molecule has 2 saturated heterocycles. The Hall–Kier alpha value is -1.26. The summed E-state index contributed by atoms with van der Waals surface area (Å²) in [6.45, 7) is 5.15. The number of carbonyl (C=O) groups excluding carboxylic acids is 1. The van der Waals surface area contributed by atoms with E-state index in [2.05, 4.69) is 6.92 Å². The van der Waals surface area contributed by atoms with E-state index < -0.39 is 11.5 Å². The molecule has 2 amide bonds. The molecule has 5 nitrogen and oxygen atoms in total. The van der Waals surface area contributed by atoms with Crippen molar-refractivity contribution >= 4 is 12.0 Å². The number of urea groups is 1. The summed E-state index contributed by atoms with van der Waals surface area (Å²) < 4.78 is 0. The summed E-state index contributed by atoms with van der Waals surface area (Å²) in [5.41, 5.74) is -1.02. The minimum absolute atomic E-state index is 0.0643. The smallest absolute Gasteiger partial charge is 0.329 e. The monoisotopic (exact) mass is 282 g/mol. The number of carboxylic acid groups (broad SMARTS) is 1. The van der Waals surface area contributed by atoms with Gasteiger partial charge in [-0.25, -0.2) is 9.59 Å². The quantitative estimate of drug-likeness (QED) is 0.865. The van der Waals surface area contributed by atoms with Crippen LogP contribution in [0.25, 0.3) is 0 Å². The molecule has 2 aliphatic rings. The second kappa shape index (κ2) is 6.02. The molecule has 0 spiro atoms. The molecule has 0 bridgehead atoms. The number of nitrogens with zero attached hydrogens (tertiary/aromatic N) is 2. The number of carboxylic acids is 1. The van der Waals surface area contributed by atoms with Gasteiger partial charge in [0.25, 0.3) is 0 Å². The van der Waals surface area contributed by atoms with Crippen LogP contribution in [0.1, 0.15) is 58.8 Å². The molecule has 5 heteroatoms. The molecule has 0 saturated carbocycles. The average Bonchev–Trinajstić information content (AvgIpc) is 2.82. The van der Waals surface area contributed by atoms with E-state index in [0.29, 0.717) is 19.0 Å². The predicted octanol–water partition coefficient (Wildman–Crippen LogP) is 2.70. The Labute approximate surface area is 120 Å². The Balaban J connectivity index is 2.14. The highest BCUT2D eigenvalue weighted by Crippen LogP contribution is 2.32. The van der Waals surface area contributed by atoms with Crippen molar-refractivity contribution in [2.24, 2.45) is 0 Å². The maximum Gasteiger partial charge on any atom is 0.329 e. The van der Waals surface area contributed by atoms with Gasteiger partial charge in [0, 0.05) is 19.1 Å². The lowest BCUT2D eigenvalue weighted by Gasteiger charge is -2.41. The van der Waals surface area contributed by atoms with Crippen molar-refractivity contribution in [1.82, 2.24) is 9.80 Å². The third-order valence-electron chi connectivity index (χ3n) is 4.83. The Morgan fingerprint density at radius 1 is 1.25 bits per heavy atom. The largest absolute Gasteiger partial charge is 0.480 e. The van der Waals surface area contributed by atoms with Crippen LogP contribution in [0.3, 0.4) is 0 Å². The summed E-state index contributed by atoms with van der Waals surface area (Å²) >= 11 is 0. The first-order valence-electron chi connectivity index (χ1n) is 7.82. The van der Waals surface area contributed by atoms with Crippen molar-refractivity contribution in [3.8, 4) is 0 Å². The molecule has 2 fully saturated rings. The maximum absolute atomic E-state index is 12.8. The standard InChI is InChI=1S/C15H26N2O3/c1-3-7-12-8-4-5-10-16(12)14(20)17-11-6-9-15(17,2)13(18)19/h12H,3-11H2,1-2H3,(H,18,19). The number of amides is 2. The molecule has 2 aliphatic heterocycles. The molecule has 0 radical (unpaired) electrons. The minimum atomic E-state index is -1.02. The van der Waals surface area contributed by atoms with Gasteiger partial charge < -0.3 is 14.9 Å². The van der Waals surface area contributed by atoms with Crippen LogP contribution in [0, 0.1) is 0 Å². The number of hydrogen-bond donors (Lipinski definition) is 1. The number of rotatable bonds is 3. The number of carbonyl (C=O) groups is 2. The molecule has 0 aliphatic carbocycles. The third-order valence-corrected chi connectivity index (χ3v) is 4.83. The Morgan fingerprint density at radius 2 is 2.00 bits per heavy atom. The van der Waals surface area contributed by atoms with Crippen LogP contribution in [0.4, 0.5) is 4.79 Å². The van der Waals surface area contributed by atoms with Gasteiger partial charge in [-0.15, -0.1) is 0 Å². The predicted molar refractivity (Wildman–Crippen MR) is 76.6 cm³/mol. The van der Waals surface area contributed by atoms with Gasteiger partial charge in [0.2, 0.25) is 0 Å². The van der Waals surface area contributed by atoms with Crippen LogP contribution in [0.2, 0.25) is 0 Å². The second-order valence-electron chi connectivity index (χ2n) is 6.25. The highest BCUT2D eigenvalue weighted by Gasteiger charge is 2.47. The van der Waals surface area contributed by atoms with E-state index in [1.54, 1.807) is 11.8 Å². The van der Waals surface area contributed by atoms with Crippen molar-refractivity contribution in [3.05, 3.63) is 0 Å². The summed E-state index contributed by atoms with van der Waals surface area (Å²) in [6.07, 6.45) is 6.67. The van der Waals surface area contributed by atoms with Crippen molar-refractivity contribution < 1.29 is 14.7 Å². The van der Waals surface area contributed by atoms with Crippen molar-refractivity contribution in [3.63, 3.8) is 0 Å². The molecule has 0 aromatic rings. The van der Waals surface area contributed by atoms with E-state index in [-0.39, 0.29) is 6.03 Å². The molecular weight excluding hydrogens is 256 g/mol. The average molecular weight is 282 g/mol. The summed E-state index contributed by atoms with van der Waals surface area (Å²) in [4.78, 5) is 27.8. The Morgan fingerprint density at radius 3 is 2.65 bits per heavy atom. The van der Waals surface area contributed by atoms with Crippen LogP contribution in [0.15, 0.2) is 0 Å². The van der Waals surface area contributed by atoms with Crippen LogP contribution in [0.5, 0.6) is 0 Å². The first kappa shape index (κ1) is 15.1. The van der Waals surface area contributed by atoms with E-state index in [4.69, 9.17) is 0 Å². The van der Waals surface area contributed by atoms with Gasteiger partial charge in [-0.1, -0.05) is 13.3 Å². The number of likely N-dealkylation sites (tertiary alicyclic amines) is 2. The lowest BCUT2D eigenvalue weighted by Crippen LogP contribution is -2.57.